The summed E-state index contributed by atoms with van der Waals surface area (Å²) < 4.78 is 10.2. The van der Waals surface area contributed by atoms with Gasteiger partial charge in [-0.2, -0.15) is 0 Å². The van der Waals surface area contributed by atoms with Crippen LogP contribution in [-0.4, -0.2) is 46.3 Å². The van der Waals surface area contributed by atoms with E-state index < -0.39 is 21.1 Å². The Balaban J connectivity index is 3.92. The van der Waals surface area contributed by atoms with Gasteiger partial charge in [-0.3, -0.25) is 0 Å². The van der Waals surface area contributed by atoms with E-state index in [1.165, 1.54) is 0 Å². The van der Waals surface area contributed by atoms with E-state index in [-0.39, 0.29) is 19.8 Å². The Hall–Kier alpha value is -0.261. The van der Waals surface area contributed by atoms with Crippen molar-refractivity contribution >= 4 is 33.1 Å². The van der Waals surface area contributed by atoms with Crippen LogP contribution in [0.1, 0.15) is 53.4 Å². The number of ether oxygens (including phenoxy) is 2. The van der Waals surface area contributed by atoms with Gasteiger partial charge in [-0.25, -0.2) is 0 Å². The molecule has 0 N–H and O–H groups in total. The van der Waals surface area contributed by atoms with Gasteiger partial charge in [-0.15, -0.1) is 0 Å². The monoisotopic (exact) mass is 378 g/mol. The van der Waals surface area contributed by atoms with Gasteiger partial charge in [0, 0.05) is 0 Å². The third kappa shape index (κ3) is 9.30. The van der Waals surface area contributed by atoms with E-state index in [9.17, 15) is 9.59 Å². The zero-order valence-electron chi connectivity index (χ0n) is 12.5. The molecule has 0 amide bonds. The molecule has 0 saturated heterocycles. The number of rotatable bonds is 10. The van der Waals surface area contributed by atoms with Crippen LogP contribution in [0.5, 0.6) is 0 Å². The Labute approximate surface area is 126 Å². The molecule has 0 aromatic carbocycles. The summed E-state index contributed by atoms with van der Waals surface area (Å²) in [5.74, 6) is -0.290. The third-order valence-electron chi connectivity index (χ3n) is 2.69. The van der Waals surface area contributed by atoms with Gasteiger partial charge in [0.1, 0.15) is 0 Å². The molecule has 0 aliphatic heterocycles. The molecule has 2 atom stereocenters. The van der Waals surface area contributed by atoms with Gasteiger partial charge in [0.05, 0.1) is 0 Å². The summed E-state index contributed by atoms with van der Waals surface area (Å²) >= 11 is -1.15. The molecule has 2 radical (unpaired) electrons. The molecule has 0 rings (SSSR count). The van der Waals surface area contributed by atoms with Gasteiger partial charge in [-0.1, -0.05) is 0 Å². The maximum atomic E-state index is 11.7. The Morgan fingerprint density at radius 3 is 1.58 bits per heavy atom. The molecule has 0 aromatic rings. The molecule has 0 aliphatic rings. The summed E-state index contributed by atoms with van der Waals surface area (Å²) in [5.41, 5.74) is 0. The van der Waals surface area contributed by atoms with Crippen LogP contribution in [-0.2, 0) is 19.1 Å². The molecule has 19 heavy (non-hydrogen) atoms. The molecule has 0 bridgehead atoms. The normalized spacial score (nSPS) is 13.7. The van der Waals surface area contributed by atoms with Gasteiger partial charge in [-0.05, 0) is 0 Å². The van der Waals surface area contributed by atoms with Crippen molar-refractivity contribution in [1.82, 2.24) is 0 Å². The second-order valence-corrected chi connectivity index (χ2v) is 10.5. The summed E-state index contributed by atoms with van der Waals surface area (Å²) in [6, 6.07) is 0. The molecule has 4 nitrogen and oxygen atoms in total. The first-order valence-electron chi connectivity index (χ1n) is 7.12. The van der Waals surface area contributed by atoms with Crippen molar-refractivity contribution in [2.24, 2.45) is 0 Å². The van der Waals surface area contributed by atoms with E-state index in [1.807, 2.05) is 13.8 Å². The number of unbranched alkanes of at least 4 members (excludes halogenated alkanes) is 2. The number of hydrogen-bond donors (Lipinski definition) is 0. The summed E-state index contributed by atoms with van der Waals surface area (Å²) in [7, 11) is 0. The molecule has 0 fully saturated rings. The van der Waals surface area contributed by atoms with E-state index in [2.05, 4.69) is 13.8 Å². The summed E-state index contributed by atoms with van der Waals surface area (Å²) in [6.45, 7) is 8.85. The topological polar surface area (TPSA) is 52.6 Å². The first kappa shape index (κ1) is 18.7. The van der Waals surface area contributed by atoms with Crippen LogP contribution < -0.4 is 0 Å². The Morgan fingerprint density at radius 1 is 0.895 bits per heavy atom. The molecule has 0 aliphatic carbocycles. The molecule has 2 unspecified atom stereocenters. The van der Waals surface area contributed by atoms with E-state index in [4.69, 9.17) is 9.47 Å². The Bertz CT molecular complexity index is 242. The molecular weight excluding hydrogens is 351 g/mol. The number of carbonyl (C=O) groups excluding carboxylic acids is 2. The van der Waals surface area contributed by atoms with Crippen LogP contribution in [0.2, 0.25) is 7.87 Å². The number of carbonyl (C=O) groups is 2. The zero-order valence-corrected chi connectivity index (χ0v) is 15.4. The molecule has 0 aromatic heterocycles. The van der Waals surface area contributed by atoms with Crippen LogP contribution in [0, 0.1) is 0 Å². The van der Waals surface area contributed by atoms with Crippen molar-refractivity contribution < 1.29 is 19.1 Å². The second kappa shape index (κ2) is 11.6. The Kier molecular flexibility index (Phi) is 11.4. The first-order chi connectivity index (χ1) is 9.02. The fourth-order valence-corrected chi connectivity index (χ4v) is 4.79. The predicted molar refractivity (Wildman–Crippen MR) is 76.3 cm³/mol. The average Bonchev–Trinajstić information content (AvgIpc) is 2.38. The van der Waals surface area contributed by atoms with Gasteiger partial charge >= 0.3 is 127 Å². The van der Waals surface area contributed by atoms with Crippen LogP contribution in [0.15, 0.2) is 0 Å². The first-order valence-corrected chi connectivity index (χ1v) is 10.4. The fourth-order valence-electron chi connectivity index (χ4n) is 1.40. The molecule has 0 saturated carbocycles. The zero-order chi connectivity index (χ0) is 14.7. The van der Waals surface area contributed by atoms with Crippen molar-refractivity contribution in [3.63, 3.8) is 0 Å². The Morgan fingerprint density at radius 2 is 1.26 bits per heavy atom. The summed E-state index contributed by atoms with van der Waals surface area (Å²) in [4.78, 5) is 23.4. The fraction of sp³-hybridized carbons (Fsp3) is 0.857. The SMILES string of the molecule is CCCCOC(=O)[CH](C)[Sn][CH](C)C(=O)OCCCC. The standard InChI is InChI=1S/2C7H13O2.Sn/c2*1-3-5-6-9-7(8)4-2;/h2*4H,3,5-6H2,1-2H3;. The number of hydrogen-bond acceptors (Lipinski definition) is 4. The van der Waals surface area contributed by atoms with Crippen LogP contribution in [0.3, 0.4) is 0 Å². The summed E-state index contributed by atoms with van der Waals surface area (Å²) in [5, 5.41) is 0. The van der Waals surface area contributed by atoms with E-state index in [1.54, 1.807) is 0 Å². The van der Waals surface area contributed by atoms with Crippen LogP contribution >= 0.6 is 0 Å². The van der Waals surface area contributed by atoms with Crippen LogP contribution in [0.25, 0.3) is 0 Å². The van der Waals surface area contributed by atoms with Crippen LogP contribution in [0.4, 0.5) is 0 Å². The van der Waals surface area contributed by atoms with Crippen molar-refractivity contribution in [3.05, 3.63) is 0 Å². The molecule has 0 spiro atoms. The van der Waals surface area contributed by atoms with Crippen molar-refractivity contribution in [3.8, 4) is 0 Å². The van der Waals surface area contributed by atoms with Gasteiger partial charge in [0.15, 0.2) is 0 Å². The predicted octanol–water partition coefficient (Wildman–Crippen LogP) is 2.99. The van der Waals surface area contributed by atoms with E-state index in [0.717, 1.165) is 25.7 Å². The average molecular weight is 377 g/mol. The van der Waals surface area contributed by atoms with Gasteiger partial charge < -0.3 is 0 Å². The van der Waals surface area contributed by atoms with Gasteiger partial charge in [0.25, 0.3) is 0 Å². The number of esters is 2. The second-order valence-electron chi connectivity index (χ2n) is 4.65. The maximum absolute atomic E-state index is 11.7. The van der Waals surface area contributed by atoms with Gasteiger partial charge in [0.2, 0.25) is 0 Å². The molecule has 110 valence electrons. The minimum atomic E-state index is -1.15. The quantitative estimate of drug-likeness (QED) is 0.334. The molecule has 5 heteroatoms. The summed E-state index contributed by atoms with van der Waals surface area (Å²) in [6.07, 6.45) is 3.83. The van der Waals surface area contributed by atoms with Crippen molar-refractivity contribution in [1.29, 1.82) is 0 Å². The van der Waals surface area contributed by atoms with Crippen molar-refractivity contribution in [2.75, 3.05) is 13.2 Å². The van der Waals surface area contributed by atoms with Crippen molar-refractivity contribution in [2.45, 2.75) is 61.2 Å². The third-order valence-corrected chi connectivity index (χ3v) is 6.89. The van der Waals surface area contributed by atoms with E-state index in [0.29, 0.717) is 13.2 Å². The van der Waals surface area contributed by atoms with E-state index >= 15 is 0 Å². The molecule has 0 heterocycles. The minimum absolute atomic E-state index is 0.0887. The molecular formula is C14H26O4Sn.